The number of fused-ring (bicyclic) bond motifs is 1. The van der Waals surface area contributed by atoms with E-state index < -0.39 is 29.2 Å². The molecule has 0 unspecified atom stereocenters. The van der Waals surface area contributed by atoms with Crippen molar-refractivity contribution >= 4 is 80.4 Å². The van der Waals surface area contributed by atoms with Gasteiger partial charge in [0.05, 0.1) is 4.88 Å². The third kappa shape index (κ3) is 3.96. The lowest BCUT2D eigenvalue weighted by Gasteiger charge is -2.49. The summed E-state index contributed by atoms with van der Waals surface area (Å²) in [5.74, 6) is -2.04. The summed E-state index contributed by atoms with van der Waals surface area (Å²) in [4.78, 5) is 52.6. The van der Waals surface area contributed by atoms with Gasteiger partial charge in [-0.25, -0.2) is 14.8 Å². The summed E-state index contributed by atoms with van der Waals surface area (Å²) < 4.78 is 0.803. The van der Waals surface area contributed by atoms with Gasteiger partial charge in [0, 0.05) is 22.9 Å². The summed E-state index contributed by atoms with van der Waals surface area (Å²) >= 11 is 5.34. The van der Waals surface area contributed by atoms with Crippen molar-refractivity contribution in [1.82, 2.24) is 20.2 Å². The van der Waals surface area contributed by atoms with Gasteiger partial charge in [-0.1, -0.05) is 16.9 Å². The van der Waals surface area contributed by atoms with Crippen LogP contribution in [0.15, 0.2) is 26.8 Å². The molecule has 2 amide bonds. The Bertz CT molecular complexity index is 1160. The highest BCUT2D eigenvalue weighted by molar-refractivity contribution is 8.00. The van der Waals surface area contributed by atoms with Crippen LogP contribution in [0.3, 0.4) is 0 Å². The minimum atomic E-state index is -1.21. The largest absolute Gasteiger partial charge is 0.477 e. The van der Waals surface area contributed by atoms with E-state index in [0.717, 1.165) is 15.7 Å². The summed E-state index contributed by atoms with van der Waals surface area (Å²) in [7, 11) is 1.28. The summed E-state index contributed by atoms with van der Waals surface area (Å²) in [6.45, 7) is 0. The van der Waals surface area contributed by atoms with Crippen molar-refractivity contribution in [2.24, 2.45) is 5.16 Å². The summed E-state index contributed by atoms with van der Waals surface area (Å²) in [5.41, 5.74) is 6.17. The Morgan fingerprint density at radius 2 is 2.25 bits per heavy atom. The van der Waals surface area contributed by atoms with E-state index in [0.29, 0.717) is 16.2 Å². The van der Waals surface area contributed by atoms with Crippen LogP contribution in [0.1, 0.15) is 10.6 Å². The normalized spacial score (nSPS) is 20.6. The number of hydrogen-bond acceptors (Lipinski definition) is 12. The number of nitrogens with one attached hydrogen (secondary N) is 1. The van der Waals surface area contributed by atoms with Gasteiger partial charge in [0.2, 0.25) is 0 Å². The van der Waals surface area contributed by atoms with E-state index in [1.54, 1.807) is 11.6 Å². The second-order valence-corrected chi connectivity index (χ2v) is 10.5. The molecule has 11 nitrogen and oxygen atoms in total. The summed E-state index contributed by atoms with van der Waals surface area (Å²) in [6.07, 6.45) is 3.50. The average Bonchev–Trinajstić information content (AvgIpc) is 3.43. The number of aliphatic carboxylic acids is 1. The van der Waals surface area contributed by atoms with Crippen LogP contribution in [-0.2, 0) is 19.2 Å². The lowest BCUT2D eigenvalue weighted by atomic mass is 10.0. The van der Waals surface area contributed by atoms with Crippen LogP contribution in [0.5, 0.6) is 0 Å². The van der Waals surface area contributed by atoms with Crippen LogP contribution in [0.4, 0.5) is 5.13 Å². The van der Waals surface area contributed by atoms with E-state index >= 15 is 0 Å². The number of nitrogens with zero attached hydrogens (tertiary/aromatic N) is 4. The van der Waals surface area contributed by atoms with Gasteiger partial charge in [0.15, 0.2) is 10.8 Å². The predicted octanol–water partition coefficient (Wildman–Crippen LogP) is 1.15. The minimum absolute atomic E-state index is 0.0846. The molecule has 2 atom stereocenters. The van der Waals surface area contributed by atoms with Crippen molar-refractivity contribution in [3.05, 3.63) is 27.8 Å². The van der Waals surface area contributed by atoms with Crippen LogP contribution in [-0.4, -0.2) is 74.0 Å². The molecule has 4 N–H and O–H groups in total. The molecule has 2 aromatic heterocycles. The molecule has 2 aliphatic heterocycles. The number of carboxylic acid groups (broad SMARTS) is 1. The number of oxime groups is 1. The number of nitrogen functional groups attached to an aromatic ring is 1. The maximum atomic E-state index is 12.9. The van der Waals surface area contributed by atoms with Crippen molar-refractivity contribution in [3.8, 4) is 0 Å². The first-order chi connectivity index (χ1) is 15.3. The molecular formula is C17H16N6O5S4. The SMILES string of the molecule is CO/N=C(\C(=O)N[C@@H]1C(=O)N2C(C(=O)O)=C(c3cnc(SC)s3)CS[C@H]12)c1csc(N)n1. The first-order valence-electron chi connectivity index (χ1n) is 8.90. The molecule has 0 radical (unpaired) electrons. The Morgan fingerprint density at radius 3 is 2.84 bits per heavy atom. The number of thiazole rings is 2. The molecule has 0 spiro atoms. The number of aromatic nitrogens is 2. The lowest BCUT2D eigenvalue weighted by Crippen LogP contribution is -2.71. The molecule has 0 saturated carbocycles. The molecular weight excluding hydrogens is 496 g/mol. The number of carbonyl (C=O) groups excluding carboxylic acids is 2. The Labute approximate surface area is 198 Å². The second kappa shape index (κ2) is 9.09. The smallest absolute Gasteiger partial charge is 0.353 e. The molecule has 0 aliphatic carbocycles. The molecule has 4 rings (SSSR count). The lowest BCUT2D eigenvalue weighted by molar-refractivity contribution is -0.149. The minimum Gasteiger partial charge on any atom is -0.477 e. The fourth-order valence-corrected chi connectivity index (χ4v) is 6.66. The molecule has 0 bridgehead atoms. The van der Waals surface area contributed by atoms with Gasteiger partial charge >= 0.3 is 5.97 Å². The van der Waals surface area contributed by atoms with Crippen molar-refractivity contribution in [2.45, 2.75) is 15.8 Å². The Morgan fingerprint density at radius 1 is 1.47 bits per heavy atom. The van der Waals surface area contributed by atoms with Gasteiger partial charge < -0.3 is 21.0 Å². The van der Waals surface area contributed by atoms with Gasteiger partial charge in [-0.3, -0.25) is 14.5 Å². The molecule has 2 aromatic rings. The quantitative estimate of drug-likeness (QED) is 0.212. The molecule has 1 fully saturated rings. The number of rotatable bonds is 7. The molecule has 4 heterocycles. The Kier molecular flexibility index (Phi) is 6.41. The maximum absolute atomic E-state index is 12.9. The summed E-state index contributed by atoms with van der Waals surface area (Å²) in [6, 6.07) is -0.912. The van der Waals surface area contributed by atoms with E-state index in [9.17, 15) is 19.5 Å². The van der Waals surface area contributed by atoms with Gasteiger partial charge in [-0.2, -0.15) is 0 Å². The third-order valence-electron chi connectivity index (χ3n) is 4.58. The van der Waals surface area contributed by atoms with Crippen LogP contribution >= 0.6 is 46.2 Å². The zero-order valence-corrected chi connectivity index (χ0v) is 19.9. The number of thioether (sulfide) groups is 2. The van der Waals surface area contributed by atoms with Gasteiger partial charge in [0.1, 0.15) is 34.3 Å². The first-order valence-corrected chi connectivity index (χ1v) is 12.9. The van der Waals surface area contributed by atoms with Gasteiger partial charge in [-0.05, 0) is 6.26 Å². The number of amides is 2. The third-order valence-corrected chi connectivity index (χ3v) is 8.59. The van der Waals surface area contributed by atoms with Gasteiger partial charge in [-0.15, -0.1) is 34.4 Å². The van der Waals surface area contributed by atoms with Crippen LogP contribution < -0.4 is 11.1 Å². The number of carbonyl (C=O) groups is 3. The number of carboxylic acids is 1. The fraction of sp³-hybridized carbons (Fsp3) is 0.294. The Hall–Kier alpha value is -2.62. The van der Waals surface area contributed by atoms with Crippen molar-refractivity contribution < 1.29 is 24.3 Å². The molecule has 15 heteroatoms. The van der Waals surface area contributed by atoms with E-state index in [4.69, 9.17) is 10.6 Å². The molecule has 168 valence electrons. The molecule has 0 aromatic carbocycles. The highest BCUT2D eigenvalue weighted by atomic mass is 32.2. The molecule has 1 saturated heterocycles. The van der Waals surface area contributed by atoms with E-state index in [-0.39, 0.29) is 22.2 Å². The van der Waals surface area contributed by atoms with Gasteiger partial charge in [0.25, 0.3) is 11.8 Å². The summed E-state index contributed by atoms with van der Waals surface area (Å²) in [5, 5.41) is 17.4. The Balaban J connectivity index is 1.57. The maximum Gasteiger partial charge on any atom is 0.353 e. The van der Waals surface area contributed by atoms with Crippen LogP contribution in [0.2, 0.25) is 0 Å². The average molecular weight is 513 g/mol. The highest BCUT2D eigenvalue weighted by Crippen LogP contribution is 2.44. The second-order valence-electron chi connectivity index (χ2n) is 6.38. The predicted molar refractivity (Wildman–Crippen MR) is 124 cm³/mol. The van der Waals surface area contributed by atoms with Crippen LogP contribution in [0.25, 0.3) is 5.57 Å². The molecule has 2 aliphatic rings. The number of anilines is 1. The topological polar surface area (TPSA) is 160 Å². The van der Waals surface area contributed by atoms with E-state index in [1.807, 2.05) is 6.26 Å². The van der Waals surface area contributed by atoms with Crippen LogP contribution in [0, 0.1) is 0 Å². The number of hydrogen-bond donors (Lipinski definition) is 3. The molecule has 32 heavy (non-hydrogen) atoms. The highest BCUT2D eigenvalue weighted by Gasteiger charge is 2.54. The fourth-order valence-electron chi connectivity index (χ4n) is 3.20. The van der Waals surface area contributed by atoms with E-state index in [2.05, 4.69) is 20.4 Å². The van der Waals surface area contributed by atoms with Crippen molar-refractivity contribution in [1.29, 1.82) is 0 Å². The number of β-lactam (4-membered cyclic amide) rings is 1. The standard InChI is InChI=1S/C17H16N6O5S4/c1-28-22-9(7-5-31-16(18)20-7)12(24)21-10-13(25)23-11(15(26)27)6(4-30-14(10)23)8-3-19-17(29-2)32-8/h3,5,10,14H,4H2,1-2H3,(H2,18,20)(H,21,24)(H,26,27)/b22-9-/t10-,14-/m1/s1. The van der Waals surface area contributed by atoms with E-state index in [1.165, 1.54) is 46.9 Å². The zero-order chi connectivity index (χ0) is 23.0. The first kappa shape index (κ1) is 22.6. The monoisotopic (exact) mass is 512 g/mol. The number of nitrogens with two attached hydrogens (primary N) is 1. The van der Waals surface area contributed by atoms with Crippen molar-refractivity contribution in [3.63, 3.8) is 0 Å². The zero-order valence-electron chi connectivity index (χ0n) is 16.6. The van der Waals surface area contributed by atoms with Crippen molar-refractivity contribution in [2.75, 3.05) is 24.9 Å².